The molecule has 0 radical (unpaired) electrons. The Morgan fingerprint density at radius 3 is 2.76 bits per heavy atom. The van der Waals surface area contributed by atoms with Gasteiger partial charge in [0.15, 0.2) is 0 Å². The number of hydrogen-bond acceptors (Lipinski definition) is 2. The molecule has 0 spiro atoms. The van der Waals surface area contributed by atoms with E-state index in [0.29, 0.717) is 6.04 Å². The van der Waals surface area contributed by atoms with Crippen LogP contribution in [0.3, 0.4) is 0 Å². The molecule has 4 unspecified atom stereocenters. The summed E-state index contributed by atoms with van der Waals surface area (Å²) in [5.41, 5.74) is 2.46. The van der Waals surface area contributed by atoms with Gasteiger partial charge in [-0.3, -0.25) is 10.1 Å². The van der Waals surface area contributed by atoms with E-state index in [1.165, 1.54) is 24.0 Å². The zero-order valence-corrected chi connectivity index (χ0v) is 13.3. The average molecular weight is 286 g/mol. The molecule has 0 bridgehead atoms. The van der Waals surface area contributed by atoms with Gasteiger partial charge in [-0.15, -0.1) is 0 Å². The van der Waals surface area contributed by atoms with Crippen molar-refractivity contribution in [3.05, 3.63) is 35.4 Å². The van der Waals surface area contributed by atoms with Gasteiger partial charge in [-0.05, 0) is 38.2 Å². The predicted molar refractivity (Wildman–Crippen MR) is 84.8 cm³/mol. The summed E-state index contributed by atoms with van der Waals surface area (Å²) in [5.74, 6) is 0.992. The highest BCUT2D eigenvalue weighted by molar-refractivity contribution is 5.84. The molecule has 1 aromatic carbocycles. The zero-order chi connectivity index (χ0) is 15.0. The SMILES string of the molecule is Cc1cccc(C2NC(C)C(=O)N2C2CCCC(C)C2)c1. The molecule has 1 N–H and O–H groups in total. The van der Waals surface area contributed by atoms with Crippen molar-refractivity contribution in [2.75, 3.05) is 0 Å². The predicted octanol–water partition coefficient (Wildman–Crippen LogP) is 3.39. The number of nitrogens with zero attached hydrogens (tertiary/aromatic N) is 1. The summed E-state index contributed by atoms with van der Waals surface area (Å²) in [5, 5.41) is 3.49. The summed E-state index contributed by atoms with van der Waals surface area (Å²) in [6, 6.07) is 8.84. The molecule has 3 nitrogen and oxygen atoms in total. The van der Waals surface area contributed by atoms with Gasteiger partial charge < -0.3 is 4.90 Å². The maximum absolute atomic E-state index is 12.6. The van der Waals surface area contributed by atoms with E-state index in [2.05, 4.69) is 48.3 Å². The standard InChI is InChI=1S/C18H26N2O/c1-12-6-4-8-15(10-12)17-19-14(3)18(21)20(17)16-9-5-7-13(2)11-16/h4,6,8,10,13-14,16-17,19H,5,7,9,11H2,1-3H3. The van der Waals surface area contributed by atoms with Crippen LogP contribution in [0.25, 0.3) is 0 Å². The van der Waals surface area contributed by atoms with Gasteiger partial charge in [0.1, 0.15) is 6.17 Å². The number of benzene rings is 1. The highest BCUT2D eigenvalue weighted by atomic mass is 16.2. The Labute approximate surface area is 127 Å². The van der Waals surface area contributed by atoms with Crippen LogP contribution in [0.4, 0.5) is 0 Å². The normalized spacial score (nSPS) is 33.5. The van der Waals surface area contributed by atoms with Crippen molar-refractivity contribution in [1.82, 2.24) is 10.2 Å². The van der Waals surface area contributed by atoms with Crippen LogP contribution in [0.5, 0.6) is 0 Å². The first kappa shape index (κ1) is 14.6. The number of carbonyl (C=O) groups excluding carboxylic acids is 1. The Bertz CT molecular complexity index is 528. The molecule has 0 aromatic heterocycles. The Kier molecular flexibility index (Phi) is 4.03. The molecule has 1 saturated carbocycles. The van der Waals surface area contributed by atoms with Crippen LogP contribution in [0.1, 0.15) is 56.8 Å². The van der Waals surface area contributed by atoms with Gasteiger partial charge in [-0.2, -0.15) is 0 Å². The Morgan fingerprint density at radius 1 is 1.24 bits per heavy atom. The monoisotopic (exact) mass is 286 g/mol. The Balaban J connectivity index is 1.89. The molecule has 1 aliphatic heterocycles. The van der Waals surface area contributed by atoms with Gasteiger partial charge in [0.05, 0.1) is 6.04 Å². The molecule has 1 saturated heterocycles. The van der Waals surface area contributed by atoms with Gasteiger partial charge in [-0.25, -0.2) is 0 Å². The fourth-order valence-electron chi connectivity index (χ4n) is 3.88. The zero-order valence-electron chi connectivity index (χ0n) is 13.3. The lowest BCUT2D eigenvalue weighted by molar-refractivity contribution is -0.133. The van der Waals surface area contributed by atoms with Crippen molar-refractivity contribution in [1.29, 1.82) is 0 Å². The highest BCUT2D eigenvalue weighted by Crippen LogP contribution is 2.35. The van der Waals surface area contributed by atoms with Crippen LogP contribution >= 0.6 is 0 Å². The smallest absolute Gasteiger partial charge is 0.241 e. The van der Waals surface area contributed by atoms with Crippen LogP contribution in [0.15, 0.2) is 24.3 Å². The second-order valence-corrected chi connectivity index (χ2v) is 6.88. The maximum atomic E-state index is 12.6. The average Bonchev–Trinajstić information content (AvgIpc) is 2.75. The molecule has 1 aliphatic carbocycles. The van der Waals surface area contributed by atoms with Gasteiger partial charge in [0.25, 0.3) is 0 Å². The number of carbonyl (C=O) groups is 1. The van der Waals surface area contributed by atoms with Gasteiger partial charge >= 0.3 is 0 Å². The molecule has 3 heteroatoms. The molecule has 4 atom stereocenters. The van der Waals surface area contributed by atoms with Crippen molar-refractivity contribution in [2.24, 2.45) is 5.92 Å². The fourth-order valence-corrected chi connectivity index (χ4v) is 3.88. The van der Waals surface area contributed by atoms with Crippen LogP contribution in [0.2, 0.25) is 0 Å². The number of aryl methyl sites for hydroxylation is 1. The van der Waals surface area contributed by atoms with Crippen LogP contribution < -0.4 is 5.32 Å². The molecule has 3 rings (SSSR count). The van der Waals surface area contributed by atoms with E-state index in [9.17, 15) is 4.79 Å². The third kappa shape index (κ3) is 2.84. The Hall–Kier alpha value is -1.35. The van der Waals surface area contributed by atoms with E-state index in [0.717, 1.165) is 18.8 Å². The molecule has 1 heterocycles. The second-order valence-electron chi connectivity index (χ2n) is 6.88. The van der Waals surface area contributed by atoms with Crippen molar-refractivity contribution < 1.29 is 4.79 Å². The lowest BCUT2D eigenvalue weighted by atomic mass is 9.86. The molecule has 1 amide bonds. The summed E-state index contributed by atoms with van der Waals surface area (Å²) in [7, 11) is 0. The lowest BCUT2D eigenvalue weighted by Gasteiger charge is -2.37. The largest absolute Gasteiger partial charge is 0.319 e. The maximum Gasteiger partial charge on any atom is 0.241 e. The van der Waals surface area contributed by atoms with E-state index in [-0.39, 0.29) is 18.1 Å². The van der Waals surface area contributed by atoms with Gasteiger partial charge in [0.2, 0.25) is 5.91 Å². The summed E-state index contributed by atoms with van der Waals surface area (Å²) >= 11 is 0. The quantitative estimate of drug-likeness (QED) is 0.904. The minimum atomic E-state index is -0.0762. The van der Waals surface area contributed by atoms with E-state index < -0.39 is 0 Å². The first-order valence-electron chi connectivity index (χ1n) is 8.21. The van der Waals surface area contributed by atoms with E-state index in [1.54, 1.807) is 0 Å². The van der Waals surface area contributed by atoms with Crippen LogP contribution in [-0.2, 0) is 4.79 Å². The molecule has 2 fully saturated rings. The van der Waals surface area contributed by atoms with Gasteiger partial charge in [0, 0.05) is 6.04 Å². The number of hydrogen-bond donors (Lipinski definition) is 1. The third-order valence-electron chi connectivity index (χ3n) is 4.97. The second kappa shape index (κ2) is 5.80. The molecular weight excluding hydrogens is 260 g/mol. The summed E-state index contributed by atoms with van der Waals surface area (Å²) in [6.07, 6.45) is 4.87. The lowest BCUT2D eigenvalue weighted by Crippen LogP contribution is -2.42. The van der Waals surface area contributed by atoms with Crippen molar-refractivity contribution in [3.63, 3.8) is 0 Å². The van der Waals surface area contributed by atoms with Crippen molar-refractivity contribution in [3.8, 4) is 0 Å². The molecule has 1 aromatic rings. The van der Waals surface area contributed by atoms with Crippen molar-refractivity contribution >= 4 is 5.91 Å². The van der Waals surface area contributed by atoms with E-state index >= 15 is 0 Å². The highest BCUT2D eigenvalue weighted by Gasteiger charge is 2.41. The fraction of sp³-hybridized carbons (Fsp3) is 0.611. The molecular formula is C18H26N2O. The minimum Gasteiger partial charge on any atom is -0.319 e. The van der Waals surface area contributed by atoms with Gasteiger partial charge in [-0.1, -0.05) is 49.6 Å². The Morgan fingerprint density at radius 2 is 2.05 bits per heavy atom. The minimum absolute atomic E-state index is 0.0442. The number of nitrogens with one attached hydrogen (secondary N) is 1. The summed E-state index contributed by atoms with van der Waals surface area (Å²) in [4.78, 5) is 14.8. The third-order valence-corrected chi connectivity index (χ3v) is 4.97. The number of rotatable bonds is 2. The molecule has 114 valence electrons. The molecule has 2 aliphatic rings. The topological polar surface area (TPSA) is 32.3 Å². The van der Waals surface area contributed by atoms with E-state index in [1.807, 2.05) is 6.92 Å². The van der Waals surface area contributed by atoms with Crippen LogP contribution in [0, 0.1) is 12.8 Å². The first-order chi connectivity index (χ1) is 10.1. The number of amides is 1. The summed E-state index contributed by atoms with van der Waals surface area (Å²) in [6.45, 7) is 6.40. The van der Waals surface area contributed by atoms with E-state index in [4.69, 9.17) is 0 Å². The summed E-state index contributed by atoms with van der Waals surface area (Å²) < 4.78 is 0. The van der Waals surface area contributed by atoms with Crippen molar-refractivity contribution in [2.45, 2.75) is 64.7 Å². The first-order valence-corrected chi connectivity index (χ1v) is 8.21. The molecule has 21 heavy (non-hydrogen) atoms. The van der Waals surface area contributed by atoms with Crippen LogP contribution in [-0.4, -0.2) is 22.9 Å².